The maximum Gasteiger partial charge on any atom is 0.0819 e. The Labute approximate surface area is 178 Å². The summed E-state index contributed by atoms with van der Waals surface area (Å²) in [5.41, 5.74) is 0.670. The van der Waals surface area contributed by atoms with Crippen molar-refractivity contribution in [2.75, 3.05) is 6.61 Å². The highest BCUT2D eigenvalue weighted by atomic mass is 17.1. The van der Waals surface area contributed by atoms with Crippen LogP contribution in [0.5, 0.6) is 0 Å². The Morgan fingerprint density at radius 2 is 0.786 bits per heavy atom. The van der Waals surface area contributed by atoms with Crippen LogP contribution in [-0.2, 0) is 4.89 Å². The first kappa shape index (κ1) is 27.9. The normalized spacial score (nSPS) is 12.0. The quantitative estimate of drug-likeness (QED) is 0.105. The van der Waals surface area contributed by atoms with E-state index in [1.165, 1.54) is 128 Å². The van der Waals surface area contributed by atoms with Crippen LogP contribution in [0.3, 0.4) is 0 Å². The number of hydrogen-bond acceptors (Lipinski definition) is 2. The Morgan fingerprint density at radius 1 is 0.464 bits per heavy atom. The molecule has 0 radical (unpaired) electrons. The van der Waals surface area contributed by atoms with Crippen LogP contribution in [0, 0.1) is 5.41 Å². The molecular formula is C26H54O2. The molecule has 0 unspecified atom stereocenters. The summed E-state index contributed by atoms with van der Waals surface area (Å²) >= 11 is 0. The van der Waals surface area contributed by atoms with Gasteiger partial charge in [0.2, 0.25) is 0 Å². The summed E-state index contributed by atoms with van der Waals surface area (Å²) in [6, 6.07) is 0. The third-order valence-corrected chi connectivity index (χ3v) is 6.62. The molecule has 0 aromatic rings. The van der Waals surface area contributed by atoms with Crippen LogP contribution in [0.1, 0.15) is 156 Å². The molecule has 0 spiro atoms. The summed E-state index contributed by atoms with van der Waals surface area (Å²) in [6.07, 6.45) is 29.1. The molecule has 0 amide bonds. The predicted molar refractivity (Wildman–Crippen MR) is 125 cm³/mol. The minimum absolute atomic E-state index is 0.497. The average molecular weight is 399 g/mol. The van der Waals surface area contributed by atoms with E-state index in [1.54, 1.807) is 0 Å². The van der Waals surface area contributed by atoms with Gasteiger partial charge in [-0.05, 0) is 37.5 Å². The largest absolute Gasteiger partial charge is 0.252 e. The highest BCUT2D eigenvalue weighted by Crippen LogP contribution is 2.41. The third-order valence-electron chi connectivity index (χ3n) is 6.62. The van der Waals surface area contributed by atoms with Gasteiger partial charge in [-0.2, -0.15) is 0 Å². The molecule has 2 heteroatoms. The van der Waals surface area contributed by atoms with E-state index < -0.39 is 0 Å². The van der Waals surface area contributed by atoms with E-state index in [4.69, 9.17) is 5.26 Å². The van der Waals surface area contributed by atoms with Crippen molar-refractivity contribution in [2.24, 2.45) is 5.41 Å². The molecule has 0 aromatic carbocycles. The van der Waals surface area contributed by atoms with Crippen LogP contribution in [0.4, 0.5) is 0 Å². The molecule has 28 heavy (non-hydrogen) atoms. The first-order valence-electron chi connectivity index (χ1n) is 13.0. The lowest BCUT2D eigenvalue weighted by atomic mass is 9.71. The summed E-state index contributed by atoms with van der Waals surface area (Å²) in [7, 11) is 0. The van der Waals surface area contributed by atoms with E-state index >= 15 is 0 Å². The van der Waals surface area contributed by atoms with Crippen molar-refractivity contribution in [1.82, 2.24) is 0 Å². The van der Waals surface area contributed by atoms with Gasteiger partial charge >= 0.3 is 0 Å². The minimum Gasteiger partial charge on any atom is -0.252 e. The van der Waals surface area contributed by atoms with Crippen molar-refractivity contribution in [3.8, 4) is 0 Å². The van der Waals surface area contributed by atoms with Crippen LogP contribution in [0.15, 0.2) is 0 Å². The molecular weight excluding hydrogens is 344 g/mol. The minimum atomic E-state index is 0.497. The lowest BCUT2D eigenvalue weighted by Crippen LogP contribution is -2.21. The monoisotopic (exact) mass is 398 g/mol. The van der Waals surface area contributed by atoms with Crippen LogP contribution in [0.2, 0.25) is 0 Å². The molecule has 170 valence electrons. The Hall–Kier alpha value is -0.0800. The SMILES string of the molecule is CCCCC(CCCC)(CCCC)CCCCCCCCCCCCCOO. The number of unbranched alkanes of at least 4 members (excludes halogenated alkanes) is 13. The van der Waals surface area contributed by atoms with Gasteiger partial charge in [0.15, 0.2) is 0 Å². The Balaban J connectivity index is 3.84. The second-order valence-electron chi connectivity index (χ2n) is 9.28. The van der Waals surface area contributed by atoms with Crippen LogP contribution in [-0.4, -0.2) is 11.9 Å². The van der Waals surface area contributed by atoms with Crippen LogP contribution >= 0.6 is 0 Å². The van der Waals surface area contributed by atoms with Gasteiger partial charge in [0.1, 0.15) is 0 Å². The first-order chi connectivity index (χ1) is 13.7. The van der Waals surface area contributed by atoms with Gasteiger partial charge < -0.3 is 0 Å². The lowest BCUT2D eigenvalue weighted by Gasteiger charge is -2.35. The maximum absolute atomic E-state index is 8.29. The van der Waals surface area contributed by atoms with Gasteiger partial charge in [-0.25, -0.2) is 4.89 Å². The molecule has 0 fully saturated rings. The van der Waals surface area contributed by atoms with Gasteiger partial charge in [-0.15, -0.1) is 0 Å². The number of hydrogen-bond donors (Lipinski definition) is 1. The Kier molecular flexibility index (Phi) is 21.6. The van der Waals surface area contributed by atoms with E-state index in [1.807, 2.05) is 0 Å². The highest BCUT2D eigenvalue weighted by Gasteiger charge is 2.27. The summed E-state index contributed by atoms with van der Waals surface area (Å²) in [4.78, 5) is 4.11. The van der Waals surface area contributed by atoms with Gasteiger partial charge in [-0.1, -0.05) is 124 Å². The summed E-state index contributed by atoms with van der Waals surface area (Å²) < 4.78 is 0. The standard InChI is InChI=1S/C26H54O2/c1-4-7-21-26(22-8-5-2,23-9-6-3)24-19-17-15-13-11-10-12-14-16-18-20-25-28-27/h27H,4-25H2,1-3H3. The summed E-state index contributed by atoms with van der Waals surface area (Å²) in [6.45, 7) is 7.56. The zero-order chi connectivity index (χ0) is 20.8. The molecule has 2 nitrogen and oxygen atoms in total. The lowest BCUT2D eigenvalue weighted by molar-refractivity contribution is -0.242. The average Bonchev–Trinajstić information content (AvgIpc) is 2.72. The molecule has 1 N–H and O–H groups in total. The molecule has 0 saturated carbocycles. The van der Waals surface area contributed by atoms with Gasteiger partial charge in [0.25, 0.3) is 0 Å². The second kappa shape index (κ2) is 21.6. The van der Waals surface area contributed by atoms with Crippen molar-refractivity contribution in [3.05, 3.63) is 0 Å². The molecule has 0 saturated heterocycles. The highest BCUT2D eigenvalue weighted by molar-refractivity contribution is 4.79. The van der Waals surface area contributed by atoms with E-state index in [2.05, 4.69) is 25.7 Å². The number of rotatable bonds is 23. The molecule has 0 aliphatic rings. The molecule has 0 aliphatic carbocycles. The predicted octanol–water partition coefficient (Wildman–Crippen LogP) is 9.71. The first-order valence-corrected chi connectivity index (χ1v) is 13.0. The van der Waals surface area contributed by atoms with Gasteiger partial charge in [-0.3, -0.25) is 5.26 Å². The van der Waals surface area contributed by atoms with E-state index in [-0.39, 0.29) is 0 Å². The zero-order valence-electron chi connectivity index (χ0n) is 19.9. The summed E-state index contributed by atoms with van der Waals surface area (Å²) in [5, 5.41) is 8.29. The molecule has 0 aliphatic heterocycles. The summed E-state index contributed by atoms with van der Waals surface area (Å²) in [5.74, 6) is 0. The Morgan fingerprint density at radius 3 is 1.14 bits per heavy atom. The molecule has 0 atom stereocenters. The van der Waals surface area contributed by atoms with Crippen molar-refractivity contribution in [3.63, 3.8) is 0 Å². The third kappa shape index (κ3) is 16.8. The topological polar surface area (TPSA) is 29.5 Å². The van der Waals surface area contributed by atoms with Gasteiger partial charge in [0, 0.05) is 0 Å². The van der Waals surface area contributed by atoms with Crippen molar-refractivity contribution in [2.45, 2.75) is 156 Å². The fourth-order valence-corrected chi connectivity index (χ4v) is 4.66. The van der Waals surface area contributed by atoms with Crippen LogP contribution < -0.4 is 0 Å². The van der Waals surface area contributed by atoms with Gasteiger partial charge in [0.05, 0.1) is 6.61 Å². The molecule has 0 heterocycles. The fraction of sp³-hybridized carbons (Fsp3) is 1.00. The molecule has 0 bridgehead atoms. The van der Waals surface area contributed by atoms with Crippen molar-refractivity contribution >= 4 is 0 Å². The molecule has 0 rings (SSSR count). The smallest absolute Gasteiger partial charge is 0.0819 e. The molecule has 0 aromatic heterocycles. The van der Waals surface area contributed by atoms with E-state index in [0.29, 0.717) is 12.0 Å². The van der Waals surface area contributed by atoms with Crippen LogP contribution in [0.25, 0.3) is 0 Å². The maximum atomic E-state index is 8.29. The van der Waals surface area contributed by atoms with E-state index in [0.717, 1.165) is 6.42 Å². The van der Waals surface area contributed by atoms with Crippen molar-refractivity contribution < 1.29 is 10.1 Å². The van der Waals surface area contributed by atoms with E-state index in [9.17, 15) is 0 Å². The second-order valence-corrected chi connectivity index (χ2v) is 9.28. The fourth-order valence-electron chi connectivity index (χ4n) is 4.66. The zero-order valence-corrected chi connectivity index (χ0v) is 19.9. The Bertz CT molecular complexity index is 268. The van der Waals surface area contributed by atoms with Crippen molar-refractivity contribution in [1.29, 1.82) is 0 Å².